The van der Waals surface area contributed by atoms with Gasteiger partial charge in [-0.05, 0) is 56.4 Å². The molecule has 3 heteroatoms. The molecule has 0 aliphatic carbocycles. The van der Waals surface area contributed by atoms with Gasteiger partial charge in [-0.15, -0.1) is 0 Å². The third-order valence-corrected chi connectivity index (χ3v) is 4.64. The number of aryl methyl sites for hydroxylation is 2. The van der Waals surface area contributed by atoms with Gasteiger partial charge in [0.25, 0.3) is 0 Å². The van der Waals surface area contributed by atoms with E-state index in [2.05, 4.69) is 36.6 Å². The summed E-state index contributed by atoms with van der Waals surface area (Å²) >= 11 is 0. The van der Waals surface area contributed by atoms with Crippen LogP contribution in [-0.2, 0) is 17.8 Å². The fourth-order valence-electron chi connectivity index (χ4n) is 3.26. The van der Waals surface area contributed by atoms with Crippen LogP contribution in [0.2, 0.25) is 0 Å². The van der Waals surface area contributed by atoms with Crippen molar-refractivity contribution in [3.8, 4) is 0 Å². The van der Waals surface area contributed by atoms with E-state index in [0.717, 1.165) is 19.6 Å². The molecule has 1 aliphatic heterocycles. The molecule has 2 heterocycles. The van der Waals surface area contributed by atoms with Gasteiger partial charge in [-0.25, -0.2) is 0 Å². The predicted molar refractivity (Wildman–Crippen MR) is 82.9 cm³/mol. The Kier molecular flexibility index (Phi) is 3.81. The molecule has 0 radical (unpaired) electrons. The Morgan fingerprint density at radius 2 is 2.20 bits per heavy atom. The van der Waals surface area contributed by atoms with Crippen molar-refractivity contribution in [2.24, 2.45) is 5.73 Å². The van der Waals surface area contributed by atoms with Crippen LogP contribution in [0.4, 0.5) is 0 Å². The zero-order chi connectivity index (χ0) is 14.1. The minimum Gasteiger partial charge on any atom is -0.378 e. The fraction of sp³-hybridized carbons (Fsp3) is 0.529. The van der Waals surface area contributed by atoms with Crippen LogP contribution >= 0.6 is 0 Å². The summed E-state index contributed by atoms with van der Waals surface area (Å²) in [5, 5.41) is 1.35. The Morgan fingerprint density at radius 3 is 2.90 bits per heavy atom. The van der Waals surface area contributed by atoms with Crippen molar-refractivity contribution in [2.45, 2.75) is 52.3 Å². The van der Waals surface area contributed by atoms with Crippen LogP contribution in [-0.4, -0.2) is 17.3 Å². The molecule has 1 fully saturated rings. The number of rotatable bonds is 4. The van der Waals surface area contributed by atoms with Crippen molar-refractivity contribution in [3.63, 3.8) is 0 Å². The summed E-state index contributed by atoms with van der Waals surface area (Å²) in [6.45, 7) is 7.01. The van der Waals surface area contributed by atoms with Crippen LogP contribution in [0, 0.1) is 13.8 Å². The van der Waals surface area contributed by atoms with Gasteiger partial charge in [0.15, 0.2) is 0 Å². The summed E-state index contributed by atoms with van der Waals surface area (Å²) in [5.41, 5.74) is 11.0. The quantitative estimate of drug-likeness (QED) is 0.927. The number of hydrogen-bond acceptors (Lipinski definition) is 2. The standard InChI is InChI=1S/C17H24N2O/c1-12-13(2)19(8-7-15-4-3-9-20-15)17-6-5-14(11-18)10-16(12)17/h5-6,10,15H,3-4,7-9,11,18H2,1-2H3. The second-order valence-corrected chi connectivity index (χ2v) is 5.84. The van der Waals surface area contributed by atoms with E-state index in [-0.39, 0.29) is 0 Å². The monoisotopic (exact) mass is 272 g/mol. The van der Waals surface area contributed by atoms with Gasteiger partial charge in [0.1, 0.15) is 0 Å². The minimum absolute atomic E-state index is 0.454. The molecule has 1 aliphatic rings. The molecule has 3 nitrogen and oxygen atoms in total. The van der Waals surface area contributed by atoms with Gasteiger partial charge in [-0.2, -0.15) is 0 Å². The fourth-order valence-corrected chi connectivity index (χ4v) is 3.26. The number of nitrogens with two attached hydrogens (primary N) is 1. The predicted octanol–water partition coefficient (Wildman–Crippen LogP) is 3.29. The van der Waals surface area contributed by atoms with E-state index < -0.39 is 0 Å². The number of aromatic nitrogens is 1. The van der Waals surface area contributed by atoms with Gasteiger partial charge in [-0.1, -0.05) is 6.07 Å². The molecular weight excluding hydrogens is 248 g/mol. The molecule has 1 atom stereocenters. The van der Waals surface area contributed by atoms with Gasteiger partial charge >= 0.3 is 0 Å². The van der Waals surface area contributed by atoms with Crippen molar-refractivity contribution >= 4 is 10.9 Å². The normalized spacial score (nSPS) is 19.1. The number of benzene rings is 1. The highest BCUT2D eigenvalue weighted by molar-refractivity contribution is 5.86. The summed E-state index contributed by atoms with van der Waals surface area (Å²) in [4.78, 5) is 0. The van der Waals surface area contributed by atoms with Crippen LogP contribution < -0.4 is 5.73 Å². The lowest BCUT2D eigenvalue weighted by Gasteiger charge is -2.13. The van der Waals surface area contributed by atoms with Crippen molar-refractivity contribution < 1.29 is 4.74 Å². The molecule has 1 saturated heterocycles. The SMILES string of the molecule is Cc1c(C)n(CCC2CCCO2)c2ccc(CN)cc12. The molecule has 0 spiro atoms. The van der Waals surface area contributed by atoms with Crippen LogP contribution in [0.25, 0.3) is 10.9 Å². The molecule has 3 rings (SSSR count). The van der Waals surface area contributed by atoms with E-state index in [0.29, 0.717) is 12.6 Å². The van der Waals surface area contributed by atoms with Crippen LogP contribution in [0.1, 0.15) is 36.1 Å². The first-order valence-corrected chi connectivity index (χ1v) is 7.60. The largest absolute Gasteiger partial charge is 0.378 e. The maximum atomic E-state index is 5.75. The number of hydrogen-bond donors (Lipinski definition) is 1. The number of ether oxygens (including phenoxy) is 1. The van der Waals surface area contributed by atoms with Crippen molar-refractivity contribution in [1.29, 1.82) is 0 Å². The van der Waals surface area contributed by atoms with E-state index >= 15 is 0 Å². The lowest BCUT2D eigenvalue weighted by atomic mass is 10.1. The van der Waals surface area contributed by atoms with Crippen LogP contribution in [0.5, 0.6) is 0 Å². The van der Waals surface area contributed by atoms with Gasteiger partial charge < -0.3 is 15.0 Å². The Bertz CT molecular complexity index is 609. The highest BCUT2D eigenvalue weighted by Crippen LogP contribution is 2.27. The van der Waals surface area contributed by atoms with Gasteiger partial charge in [-0.3, -0.25) is 0 Å². The molecular formula is C17H24N2O. The zero-order valence-corrected chi connectivity index (χ0v) is 12.5. The second kappa shape index (κ2) is 5.58. The Morgan fingerprint density at radius 1 is 1.35 bits per heavy atom. The lowest BCUT2D eigenvalue weighted by molar-refractivity contribution is 0.101. The average molecular weight is 272 g/mol. The summed E-state index contributed by atoms with van der Waals surface area (Å²) in [5.74, 6) is 0. The maximum Gasteiger partial charge on any atom is 0.0593 e. The molecule has 108 valence electrons. The molecule has 2 aromatic rings. The Labute approximate surface area is 120 Å². The molecule has 1 aromatic carbocycles. The molecule has 0 bridgehead atoms. The summed E-state index contributed by atoms with van der Waals surface area (Å²) in [6, 6.07) is 6.59. The van der Waals surface area contributed by atoms with E-state index in [9.17, 15) is 0 Å². The average Bonchev–Trinajstić information content (AvgIpc) is 3.06. The maximum absolute atomic E-state index is 5.75. The Hall–Kier alpha value is -1.32. The van der Waals surface area contributed by atoms with Crippen molar-refractivity contribution in [2.75, 3.05) is 6.61 Å². The number of nitrogens with zero attached hydrogens (tertiary/aromatic N) is 1. The highest BCUT2D eigenvalue weighted by atomic mass is 16.5. The summed E-state index contributed by atoms with van der Waals surface area (Å²) in [6.07, 6.45) is 4.00. The van der Waals surface area contributed by atoms with E-state index in [1.54, 1.807) is 0 Å². The first-order chi connectivity index (χ1) is 9.70. The van der Waals surface area contributed by atoms with Gasteiger partial charge in [0.2, 0.25) is 0 Å². The molecule has 1 unspecified atom stereocenters. The third kappa shape index (κ3) is 2.36. The summed E-state index contributed by atoms with van der Waals surface area (Å²) < 4.78 is 8.18. The minimum atomic E-state index is 0.454. The number of fused-ring (bicyclic) bond motifs is 1. The molecule has 1 aromatic heterocycles. The molecule has 20 heavy (non-hydrogen) atoms. The van der Waals surface area contributed by atoms with Gasteiger partial charge in [0, 0.05) is 36.3 Å². The first kappa shape index (κ1) is 13.7. The zero-order valence-electron chi connectivity index (χ0n) is 12.5. The molecule has 0 saturated carbocycles. The topological polar surface area (TPSA) is 40.2 Å². The lowest BCUT2D eigenvalue weighted by Crippen LogP contribution is -2.10. The smallest absolute Gasteiger partial charge is 0.0593 e. The third-order valence-electron chi connectivity index (χ3n) is 4.64. The van der Waals surface area contributed by atoms with Crippen molar-refractivity contribution in [3.05, 3.63) is 35.0 Å². The molecule has 2 N–H and O–H groups in total. The Balaban J connectivity index is 1.91. The molecule has 0 amide bonds. The van der Waals surface area contributed by atoms with Crippen molar-refractivity contribution in [1.82, 2.24) is 4.57 Å². The highest BCUT2D eigenvalue weighted by Gasteiger charge is 2.17. The first-order valence-electron chi connectivity index (χ1n) is 7.60. The van der Waals surface area contributed by atoms with Gasteiger partial charge in [0.05, 0.1) is 6.10 Å². The van der Waals surface area contributed by atoms with Crippen LogP contribution in [0.15, 0.2) is 18.2 Å². The van der Waals surface area contributed by atoms with Crippen LogP contribution in [0.3, 0.4) is 0 Å². The summed E-state index contributed by atoms with van der Waals surface area (Å²) in [7, 11) is 0. The van der Waals surface area contributed by atoms with E-state index in [1.165, 1.54) is 40.6 Å². The van der Waals surface area contributed by atoms with E-state index in [4.69, 9.17) is 10.5 Å². The van der Waals surface area contributed by atoms with E-state index in [1.807, 2.05) is 0 Å². The second-order valence-electron chi connectivity index (χ2n) is 5.84.